The Bertz CT molecular complexity index is 1020. The van der Waals surface area contributed by atoms with Crippen LogP contribution in [0.2, 0.25) is 0 Å². The van der Waals surface area contributed by atoms with Crippen molar-refractivity contribution in [2.24, 2.45) is 0 Å². The highest BCUT2D eigenvalue weighted by atomic mass is 16.5. The van der Waals surface area contributed by atoms with Gasteiger partial charge in [0, 0.05) is 6.08 Å². The number of carbonyl (C=O) groups excluding carboxylic acids is 1. The van der Waals surface area contributed by atoms with Crippen molar-refractivity contribution >= 4 is 23.6 Å². The van der Waals surface area contributed by atoms with E-state index < -0.39 is 11.9 Å². The third kappa shape index (κ3) is 9.69. The maximum atomic E-state index is 12.0. The Morgan fingerprint density at radius 2 is 1.49 bits per heavy atom. The van der Waals surface area contributed by atoms with Gasteiger partial charge in [-0.3, -0.25) is 0 Å². The molecule has 2 rings (SSSR count). The van der Waals surface area contributed by atoms with Crippen molar-refractivity contribution in [1.82, 2.24) is 0 Å². The van der Waals surface area contributed by atoms with Crippen LogP contribution in [0.15, 0.2) is 54.6 Å². The molecule has 0 saturated carbocycles. The lowest BCUT2D eigenvalue weighted by Gasteiger charge is -2.14. The molecule has 1 N–H and O–H groups in total. The third-order valence-corrected chi connectivity index (χ3v) is 5.32. The van der Waals surface area contributed by atoms with Crippen LogP contribution in [-0.2, 0) is 9.53 Å². The molecule has 0 amide bonds. The molecule has 0 fully saturated rings. The number of rotatable bonds is 15. The number of aliphatic carboxylic acids is 1. The average molecular weight is 481 g/mol. The predicted molar refractivity (Wildman–Crippen MR) is 139 cm³/mol. The van der Waals surface area contributed by atoms with Gasteiger partial charge in [-0.2, -0.15) is 0 Å². The molecule has 2 aromatic carbocycles. The molecule has 0 aromatic heterocycles. The van der Waals surface area contributed by atoms with E-state index in [-0.39, 0.29) is 0 Å². The zero-order chi connectivity index (χ0) is 25.5. The first-order valence-corrected chi connectivity index (χ1v) is 12.2. The first-order valence-electron chi connectivity index (χ1n) is 12.2. The third-order valence-electron chi connectivity index (χ3n) is 5.32. The van der Waals surface area contributed by atoms with Crippen LogP contribution in [0.25, 0.3) is 11.6 Å². The van der Waals surface area contributed by atoms with Gasteiger partial charge in [-0.05, 0) is 66.0 Å². The molecule has 0 aliphatic heterocycles. The number of benzene rings is 2. The Hall–Kier alpha value is -3.54. The summed E-state index contributed by atoms with van der Waals surface area (Å²) in [5, 5.41) is 9.17. The number of carboxylic acid groups (broad SMARTS) is 1. The van der Waals surface area contributed by atoms with Crippen molar-refractivity contribution < 1.29 is 28.9 Å². The topological polar surface area (TPSA) is 82.1 Å². The van der Waals surface area contributed by atoms with E-state index >= 15 is 0 Å². The zero-order valence-electron chi connectivity index (χ0n) is 20.9. The van der Waals surface area contributed by atoms with Gasteiger partial charge in [-0.25, -0.2) is 9.59 Å². The molecule has 35 heavy (non-hydrogen) atoms. The zero-order valence-corrected chi connectivity index (χ0v) is 20.9. The van der Waals surface area contributed by atoms with Crippen LogP contribution in [0.5, 0.6) is 11.5 Å². The number of esters is 1. The van der Waals surface area contributed by atoms with E-state index in [2.05, 4.69) is 13.8 Å². The lowest BCUT2D eigenvalue weighted by Crippen LogP contribution is -2.03. The minimum Gasteiger partial charge on any atom is -0.490 e. The highest BCUT2D eigenvalue weighted by Gasteiger charge is 2.10. The summed E-state index contributed by atoms with van der Waals surface area (Å²) in [4.78, 5) is 23.2. The van der Waals surface area contributed by atoms with Gasteiger partial charge in [0.25, 0.3) is 0 Å². The molecule has 0 bridgehead atoms. The molecular formula is C29H36O6. The maximum absolute atomic E-state index is 12.0. The minimum atomic E-state index is -1.06. The molecule has 0 radical (unpaired) electrons. The highest BCUT2D eigenvalue weighted by Crippen LogP contribution is 2.31. The smallest absolute Gasteiger partial charge is 0.337 e. The highest BCUT2D eigenvalue weighted by molar-refractivity contribution is 5.95. The molecule has 0 aliphatic rings. The van der Waals surface area contributed by atoms with E-state index in [1.807, 2.05) is 30.3 Å². The van der Waals surface area contributed by atoms with Gasteiger partial charge in [0.1, 0.15) is 0 Å². The van der Waals surface area contributed by atoms with E-state index in [1.165, 1.54) is 13.2 Å². The molecule has 0 unspecified atom stereocenters. The van der Waals surface area contributed by atoms with Crippen molar-refractivity contribution in [3.05, 3.63) is 71.3 Å². The minimum absolute atomic E-state index is 0.385. The number of hydrogen-bond acceptors (Lipinski definition) is 5. The summed E-state index contributed by atoms with van der Waals surface area (Å²) in [7, 11) is 1.32. The lowest BCUT2D eigenvalue weighted by atomic mass is 10.00. The van der Waals surface area contributed by atoms with Crippen LogP contribution in [0.3, 0.4) is 0 Å². The summed E-state index contributed by atoms with van der Waals surface area (Å²) < 4.78 is 16.9. The molecule has 0 aliphatic carbocycles. The van der Waals surface area contributed by atoms with Crippen LogP contribution in [0.4, 0.5) is 0 Å². The molecule has 0 spiro atoms. The predicted octanol–water partition coefficient (Wildman–Crippen LogP) is 6.79. The van der Waals surface area contributed by atoms with Gasteiger partial charge in [0.15, 0.2) is 11.5 Å². The monoisotopic (exact) mass is 480 g/mol. The Labute approximate surface area is 208 Å². The Balaban J connectivity index is 2.41. The summed E-state index contributed by atoms with van der Waals surface area (Å²) in [5.41, 5.74) is 2.53. The summed E-state index contributed by atoms with van der Waals surface area (Å²) in [6.07, 6.45) is 10.8. The van der Waals surface area contributed by atoms with Crippen LogP contribution in [0, 0.1) is 0 Å². The van der Waals surface area contributed by atoms with Gasteiger partial charge in [0.05, 0.1) is 25.9 Å². The Morgan fingerprint density at radius 1 is 0.829 bits per heavy atom. The fraction of sp³-hybridized carbons (Fsp3) is 0.379. The van der Waals surface area contributed by atoms with Gasteiger partial charge >= 0.3 is 11.9 Å². The largest absolute Gasteiger partial charge is 0.490 e. The summed E-state index contributed by atoms with van der Waals surface area (Å²) >= 11 is 0. The molecule has 188 valence electrons. The fourth-order valence-corrected chi connectivity index (χ4v) is 3.43. The second kappa shape index (κ2) is 15.4. The van der Waals surface area contributed by atoms with Gasteiger partial charge in [0.2, 0.25) is 0 Å². The van der Waals surface area contributed by atoms with Gasteiger partial charge < -0.3 is 19.3 Å². The van der Waals surface area contributed by atoms with E-state index in [0.29, 0.717) is 41.4 Å². The summed E-state index contributed by atoms with van der Waals surface area (Å²) in [5.74, 6) is -0.155. The quantitative estimate of drug-likeness (QED) is 0.0993. The number of carboxylic acids is 1. The normalized spacial score (nSPS) is 11.5. The first kappa shape index (κ1) is 27.7. The number of carbonyl (C=O) groups is 2. The Morgan fingerprint density at radius 3 is 2.11 bits per heavy atom. The van der Waals surface area contributed by atoms with E-state index in [0.717, 1.165) is 50.2 Å². The van der Waals surface area contributed by atoms with Crippen LogP contribution >= 0.6 is 0 Å². The molecular weight excluding hydrogens is 444 g/mol. The van der Waals surface area contributed by atoms with E-state index in [9.17, 15) is 14.7 Å². The molecule has 6 heteroatoms. The molecule has 0 heterocycles. The Kier molecular flexibility index (Phi) is 12.2. The molecule has 2 aromatic rings. The van der Waals surface area contributed by atoms with Crippen molar-refractivity contribution in [2.75, 3.05) is 20.3 Å². The van der Waals surface area contributed by atoms with Crippen LogP contribution in [0.1, 0.15) is 73.9 Å². The SMILES string of the molecule is CCCCCOc1ccc(/C=C(/C=C\C(=O)O)c2cccc(C(=O)OC)c2)cc1OCCCCC. The fourth-order valence-electron chi connectivity index (χ4n) is 3.43. The van der Waals surface area contributed by atoms with Crippen LogP contribution in [-0.4, -0.2) is 37.4 Å². The van der Waals surface area contributed by atoms with Gasteiger partial charge in [-0.1, -0.05) is 57.7 Å². The second-order valence-corrected chi connectivity index (χ2v) is 8.16. The average Bonchev–Trinajstić information content (AvgIpc) is 2.87. The van der Waals surface area contributed by atoms with Crippen molar-refractivity contribution in [2.45, 2.75) is 52.4 Å². The number of allylic oxidation sites excluding steroid dienone is 2. The first-order chi connectivity index (χ1) is 17.0. The number of methoxy groups -OCH3 is 1. The standard InChI is InChI=1S/C29H36O6/c1-4-6-8-17-34-26-15-13-22(20-27(26)35-18-9-7-5-2)19-24(14-16-28(30)31)23-11-10-12-25(21-23)29(32)33-3/h10-16,19-21H,4-9,17-18H2,1-3H3,(H,30,31)/b16-14-,24-19-. The molecule has 0 atom stereocenters. The maximum Gasteiger partial charge on any atom is 0.337 e. The molecule has 6 nitrogen and oxygen atoms in total. The van der Waals surface area contributed by atoms with Gasteiger partial charge in [-0.15, -0.1) is 0 Å². The van der Waals surface area contributed by atoms with Crippen molar-refractivity contribution in [1.29, 1.82) is 0 Å². The van der Waals surface area contributed by atoms with Crippen LogP contribution < -0.4 is 9.47 Å². The second-order valence-electron chi connectivity index (χ2n) is 8.16. The molecule has 0 saturated heterocycles. The lowest BCUT2D eigenvalue weighted by molar-refractivity contribution is -0.131. The number of ether oxygens (including phenoxy) is 3. The summed E-state index contributed by atoms with van der Waals surface area (Å²) in [6.45, 7) is 5.52. The number of hydrogen-bond donors (Lipinski definition) is 1. The van der Waals surface area contributed by atoms with E-state index in [4.69, 9.17) is 14.2 Å². The number of unbranched alkanes of at least 4 members (excludes halogenated alkanes) is 4. The van der Waals surface area contributed by atoms with Crippen molar-refractivity contribution in [3.8, 4) is 11.5 Å². The summed E-state index contributed by atoms with van der Waals surface area (Å²) in [6, 6.07) is 12.6. The van der Waals surface area contributed by atoms with Crippen molar-refractivity contribution in [3.63, 3.8) is 0 Å². The van der Waals surface area contributed by atoms with E-state index in [1.54, 1.807) is 18.2 Å².